The molecule has 70 valence electrons. The van der Waals surface area contributed by atoms with Crippen LogP contribution in [0.5, 0.6) is 11.5 Å². The molecule has 2 rings (SSSR count). The zero-order chi connectivity index (χ0) is 9.26. The summed E-state index contributed by atoms with van der Waals surface area (Å²) >= 11 is 0. The first-order valence-corrected chi connectivity index (χ1v) is 4.47. The van der Waals surface area contributed by atoms with Crippen LogP contribution < -0.4 is 10.5 Å². The van der Waals surface area contributed by atoms with Crippen molar-refractivity contribution in [2.75, 3.05) is 13.2 Å². The number of fused-ring (bicyclic) bond motifs is 1. The predicted molar refractivity (Wildman–Crippen MR) is 50.0 cm³/mol. The highest BCUT2D eigenvalue weighted by Gasteiger charge is 2.19. The average molecular weight is 179 g/mol. The molecule has 0 aromatic heterocycles. The van der Waals surface area contributed by atoms with Crippen LogP contribution in [0.4, 0.5) is 0 Å². The van der Waals surface area contributed by atoms with Gasteiger partial charge in [0.15, 0.2) is 0 Å². The van der Waals surface area contributed by atoms with Crippen LogP contribution in [0.25, 0.3) is 0 Å². The van der Waals surface area contributed by atoms with Gasteiger partial charge < -0.3 is 15.6 Å². The molecule has 0 saturated heterocycles. The Morgan fingerprint density at radius 3 is 3.15 bits per heavy atom. The second-order valence-corrected chi connectivity index (χ2v) is 3.29. The van der Waals surface area contributed by atoms with Gasteiger partial charge in [-0.25, -0.2) is 0 Å². The van der Waals surface area contributed by atoms with E-state index in [0.29, 0.717) is 19.1 Å². The van der Waals surface area contributed by atoms with Crippen molar-refractivity contribution in [3.8, 4) is 11.5 Å². The predicted octanol–water partition coefficient (Wildman–Crippen LogP) is 1.22. The fourth-order valence-corrected chi connectivity index (χ4v) is 1.70. The lowest BCUT2D eigenvalue weighted by Crippen LogP contribution is -2.20. The van der Waals surface area contributed by atoms with Crippen LogP contribution in [-0.4, -0.2) is 18.3 Å². The summed E-state index contributed by atoms with van der Waals surface area (Å²) < 4.78 is 5.42. The Labute approximate surface area is 77.1 Å². The van der Waals surface area contributed by atoms with Crippen LogP contribution in [0.1, 0.15) is 17.9 Å². The number of hydrogen-bond acceptors (Lipinski definition) is 3. The molecule has 0 saturated carbocycles. The van der Waals surface area contributed by atoms with Gasteiger partial charge in [0.25, 0.3) is 0 Å². The molecule has 0 bridgehead atoms. The van der Waals surface area contributed by atoms with Crippen molar-refractivity contribution in [3.05, 3.63) is 23.8 Å². The van der Waals surface area contributed by atoms with Crippen molar-refractivity contribution in [2.24, 2.45) is 5.73 Å². The topological polar surface area (TPSA) is 55.5 Å². The molecule has 0 aliphatic carbocycles. The summed E-state index contributed by atoms with van der Waals surface area (Å²) in [6.45, 7) is 1.33. The summed E-state index contributed by atoms with van der Waals surface area (Å²) in [6.07, 6.45) is 0.967. The van der Waals surface area contributed by atoms with Gasteiger partial charge >= 0.3 is 0 Å². The normalized spacial score (nSPS) is 20.5. The fourth-order valence-electron chi connectivity index (χ4n) is 1.70. The van der Waals surface area contributed by atoms with Crippen molar-refractivity contribution in [2.45, 2.75) is 12.3 Å². The molecule has 3 nitrogen and oxygen atoms in total. The van der Waals surface area contributed by atoms with E-state index >= 15 is 0 Å². The highest BCUT2D eigenvalue weighted by Crippen LogP contribution is 2.35. The Morgan fingerprint density at radius 2 is 2.38 bits per heavy atom. The molecule has 1 heterocycles. The summed E-state index contributed by atoms with van der Waals surface area (Å²) in [5.41, 5.74) is 6.76. The number of phenols is 1. The lowest BCUT2D eigenvalue weighted by molar-refractivity contribution is 0.267. The second kappa shape index (κ2) is 3.26. The van der Waals surface area contributed by atoms with Gasteiger partial charge in [-0.1, -0.05) is 6.07 Å². The Kier molecular flexibility index (Phi) is 2.10. The molecule has 1 aliphatic heterocycles. The summed E-state index contributed by atoms with van der Waals surface area (Å²) in [5.74, 6) is 1.41. The molecule has 1 aliphatic rings. The minimum Gasteiger partial charge on any atom is -0.508 e. The highest BCUT2D eigenvalue weighted by molar-refractivity contribution is 5.43. The van der Waals surface area contributed by atoms with Gasteiger partial charge in [-0.2, -0.15) is 0 Å². The van der Waals surface area contributed by atoms with Gasteiger partial charge in [0.05, 0.1) is 6.61 Å². The molecule has 13 heavy (non-hydrogen) atoms. The maximum Gasteiger partial charge on any atom is 0.126 e. The Bertz CT molecular complexity index is 312. The van der Waals surface area contributed by atoms with Crippen molar-refractivity contribution < 1.29 is 9.84 Å². The van der Waals surface area contributed by atoms with E-state index in [-0.39, 0.29) is 5.75 Å². The van der Waals surface area contributed by atoms with Gasteiger partial charge in [-0.3, -0.25) is 0 Å². The minimum atomic E-state index is 0.247. The van der Waals surface area contributed by atoms with E-state index in [0.717, 1.165) is 17.7 Å². The first kappa shape index (κ1) is 8.38. The van der Waals surface area contributed by atoms with Gasteiger partial charge in [-0.05, 0) is 24.6 Å². The third-order valence-corrected chi connectivity index (χ3v) is 2.45. The van der Waals surface area contributed by atoms with Crippen molar-refractivity contribution >= 4 is 0 Å². The van der Waals surface area contributed by atoms with Crippen LogP contribution in [0.2, 0.25) is 0 Å². The highest BCUT2D eigenvalue weighted by atomic mass is 16.5. The zero-order valence-electron chi connectivity index (χ0n) is 7.36. The van der Waals surface area contributed by atoms with Crippen molar-refractivity contribution in [1.82, 2.24) is 0 Å². The first-order chi connectivity index (χ1) is 6.31. The van der Waals surface area contributed by atoms with E-state index in [1.54, 1.807) is 12.1 Å². The number of rotatable bonds is 1. The van der Waals surface area contributed by atoms with E-state index in [4.69, 9.17) is 10.5 Å². The molecule has 0 fully saturated rings. The number of hydrogen-bond donors (Lipinski definition) is 2. The van der Waals surface area contributed by atoms with Gasteiger partial charge in [0, 0.05) is 12.0 Å². The maximum absolute atomic E-state index is 9.24. The number of benzene rings is 1. The van der Waals surface area contributed by atoms with Crippen LogP contribution >= 0.6 is 0 Å². The monoisotopic (exact) mass is 179 g/mol. The van der Waals surface area contributed by atoms with E-state index < -0.39 is 0 Å². The lowest BCUT2D eigenvalue weighted by Gasteiger charge is -2.24. The van der Waals surface area contributed by atoms with Gasteiger partial charge in [-0.15, -0.1) is 0 Å². The van der Waals surface area contributed by atoms with Gasteiger partial charge in [0.1, 0.15) is 11.5 Å². The summed E-state index contributed by atoms with van der Waals surface area (Å²) in [5, 5.41) is 9.24. The molecular weight excluding hydrogens is 166 g/mol. The van der Waals surface area contributed by atoms with E-state index in [1.807, 2.05) is 6.07 Å². The zero-order valence-corrected chi connectivity index (χ0v) is 7.36. The first-order valence-electron chi connectivity index (χ1n) is 4.47. The number of aromatic hydroxyl groups is 1. The molecule has 1 atom stereocenters. The molecule has 1 aromatic rings. The molecule has 0 spiro atoms. The molecule has 1 aromatic carbocycles. The van der Waals surface area contributed by atoms with Crippen molar-refractivity contribution in [1.29, 1.82) is 0 Å². The van der Waals surface area contributed by atoms with Crippen LogP contribution in [0, 0.1) is 0 Å². The Hall–Kier alpha value is -1.22. The van der Waals surface area contributed by atoms with E-state index in [2.05, 4.69) is 0 Å². The Morgan fingerprint density at radius 1 is 1.54 bits per heavy atom. The fraction of sp³-hybridized carbons (Fsp3) is 0.400. The largest absolute Gasteiger partial charge is 0.508 e. The molecule has 0 radical (unpaired) electrons. The third kappa shape index (κ3) is 1.47. The smallest absolute Gasteiger partial charge is 0.126 e. The second-order valence-electron chi connectivity index (χ2n) is 3.29. The quantitative estimate of drug-likeness (QED) is 0.681. The van der Waals surface area contributed by atoms with Crippen molar-refractivity contribution in [3.63, 3.8) is 0 Å². The average Bonchev–Trinajstić information content (AvgIpc) is 2.16. The molecule has 3 heteroatoms. The number of nitrogens with two attached hydrogens (primary N) is 1. The van der Waals surface area contributed by atoms with E-state index in [1.165, 1.54) is 0 Å². The molecule has 0 amide bonds. The Balaban J connectivity index is 2.40. The molecule has 3 N–H and O–H groups in total. The van der Waals surface area contributed by atoms with Crippen LogP contribution in [0.3, 0.4) is 0 Å². The van der Waals surface area contributed by atoms with Crippen LogP contribution in [-0.2, 0) is 0 Å². The summed E-state index contributed by atoms with van der Waals surface area (Å²) in [7, 11) is 0. The third-order valence-electron chi connectivity index (χ3n) is 2.45. The van der Waals surface area contributed by atoms with E-state index in [9.17, 15) is 5.11 Å². The number of ether oxygens (including phenoxy) is 1. The minimum absolute atomic E-state index is 0.247. The van der Waals surface area contributed by atoms with Crippen LogP contribution in [0.15, 0.2) is 18.2 Å². The molecule has 1 unspecified atom stereocenters. The van der Waals surface area contributed by atoms with Gasteiger partial charge in [0.2, 0.25) is 0 Å². The SMILES string of the molecule is NCC1CCOc2cc(O)ccc21. The summed E-state index contributed by atoms with van der Waals surface area (Å²) in [4.78, 5) is 0. The summed E-state index contributed by atoms with van der Waals surface area (Å²) in [6, 6.07) is 5.22. The maximum atomic E-state index is 9.24. The molecular formula is C10H13NO2. The number of phenolic OH excluding ortho intramolecular Hbond substituents is 1. The lowest BCUT2D eigenvalue weighted by atomic mass is 9.93. The standard InChI is InChI=1S/C10H13NO2/c11-6-7-3-4-13-10-5-8(12)1-2-9(7)10/h1-2,5,7,12H,3-4,6,11H2.